The summed E-state index contributed by atoms with van der Waals surface area (Å²) in [6.07, 6.45) is 0.445. The molecule has 0 radical (unpaired) electrons. The molecule has 3 nitrogen and oxygen atoms in total. The van der Waals surface area contributed by atoms with Crippen molar-refractivity contribution >= 4 is 5.97 Å². The molecule has 0 aromatic rings. The average molecular weight is 158 g/mol. The molecule has 1 N–H and O–H groups in total. The Morgan fingerprint density at radius 2 is 2.27 bits per heavy atom. The molecule has 0 saturated heterocycles. The summed E-state index contributed by atoms with van der Waals surface area (Å²) in [6.45, 7) is 7.03. The molecule has 1 atom stereocenters. The van der Waals surface area contributed by atoms with Gasteiger partial charge in [0.25, 0.3) is 0 Å². The molecule has 0 saturated carbocycles. The van der Waals surface area contributed by atoms with Crippen LogP contribution >= 0.6 is 0 Å². The van der Waals surface area contributed by atoms with E-state index in [2.05, 4.69) is 11.3 Å². The lowest BCUT2D eigenvalue weighted by atomic mass is 10.1. The van der Waals surface area contributed by atoms with Gasteiger partial charge in [0.2, 0.25) is 0 Å². The van der Waals surface area contributed by atoms with Gasteiger partial charge < -0.3 is 9.84 Å². The lowest BCUT2D eigenvalue weighted by Gasteiger charge is -2.11. The highest BCUT2D eigenvalue weighted by Crippen LogP contribution is 2.02. The van der Waals surface area contributed by atoms with Gasteiger partial charge in [-0.3, -0.25) is 0 Å². The van der Waals surface area contributed by atoms with E-state index in [9.17, 15) is 4.79 Å². The third-order valence-electron chi connectivity index (χ3n) is 1.22. The largest absolute Gasteiger partial charge is 0.460 e. The molecule has 0 heterocycles. The van der Waals surface area contributed by atoms with Crippen LogP contribution < -0.4 is 0 Å². The first kappa shape index (κ1) is 10.2. The average Bonchev–Trinajstić information content (AvgIpc) is 1.98. The number of carbonyl (C=O) groups is 1. The van der Waals surface area contributed by atoms with E-state index < -0.39 is 12.1 Å². The van der Waals surface area contributed by atoms with Crippen LogP contribution in [0, 0.1) is 5.92 Å². The minimum Gasteiger partial charge on any atom is -0.460 e. The smallest absolute Gasteiger partial charge is 0.335 e. The maximum Gasteiger partial charge on any atom is 0.335 e. The van der Waals surface area contributed by atoms with Gasteiger partial charge in [0.05, 0.1) is 0 Å². The van der Waals surface area contributed by atoms with E-state index in [4.69, 9.17) is 5.11 Å². The molecule has 0 unspecified atom stereocenters. The van der Waals surface area contributed by atoms with E-state index in [0.717, 1.165) is 0 Å². The van der Waals surface area contributed by atoms with E-state index in [1.165, 1.54) is 6.08 Å². The maximum atomic E-state index is 10.8. The van der Waals surface area contributed by atoms with Crippen molar-refractivity contribution in [2.24, 2.45) is 5.92 Å². The number of carbonyl (C=O) groups excluding carboxylic acids is 1. The molecule has 0 aliphatic heterocycles. The van der Waals surface area contributed by atoms with Crippen LogP contribution in [0.3, 0.4) is 0 Å². The number of esters is 1. The van der Waals surface area contributed by atoms with Crippen LogP contribution in [-0.2, 0) is 9.53 Å². The first-order valence-corrected chi connectivity index (χ1v) is 3.55. The van der Waals surface area contributed by atoms with Crippen molar-refractivity contribution in [2.45, 2.75) is 20.0 Å². The number of hydrogen-bond donors (Lipinski definition) is 1. The fraction of sp³-hybridized carbons (Fsp3) is 0.625. The normalized spacial score (nSPS) is 12.7. The molecule has 0 spiro atoms. The molecule has 11 heavy (non-hydrogen) atoms. The molecule has 0 amide bonds. The van der Waals surface area contributed by atoms with E-state index in [1.807, 2.05) is 0 Å². The molecular formula is C8H14O3. The lowest BCUT2D eigenvalue weighted by Crippen LogP contribution is -2.28. The van der Waals surface area contributed by atoms with Gasteiger partial charge in [0.1, 0.15) is 6.61 Å². The Hall–Kier alpha value is -0.830. The van der Waals surface area contributed by atoms with Crippen molar-refractivity contribution in [2.75, 3.05) is 6.61 Å². The monoisotopic (exact) mass is 158 g/mol. The zero-order valence-corrected chi connectivity index (χ0v) is 6.91. The van der Waals surface area contributed by atoms with Gasteiger partial charge in [-0.05, 0) is 5.92 Å². The molecular weight excluding hydrogens is 144 g/mol. The van der Waals surface area contributed by atoms with Crippen molar-refractivity contribution < 1.29 is 14.6 Å². The van der Waals surface area contributed by atoms with Gasteiger partial charge in [-0.2, -0.15) is 0 Å². The number of hydrogen-bond acceptors (Lipinski definition) is 3. The Labute approximate surface area is 66.7 Å². The standard InChI is InChI=1S/C8H14O3/c1-4-5-11-8(10)7(9)6(2)3/h4,6-7,9H,1,5H2,2-3H3/t7-/m1/s1. The van der Waals surface area contributed by atoms with Crippen molar-refractivity contribution in [3.05, 3.63) is 12.7 Å². The van der Waals surface area contributed by atoms with E-state index in [1.54, 1.807) is 13.8 Å². The van der Waals surface area contributed by atoms with Gasteiger partial charge in [-0.15, -0.1) is 0 Å². The van der Waals surface area contributed by atoms with Gasteiger partial charge in [0, 0.05) is 0 Å². The quantitative estimate of drug-likeness (QED) is 0.484. The van der Waals surface area contributed by atoms with Crippen LogP contribution in [0.2, 0.25) is 0 Å². The van der Waals surface area contributed by atoms with Crippen LogP contribution in [0.5, 0.6) is 0 Å². The summed E-state index contributed by atoms with van der Waals surface area (Å²) >= 11 is 0. The summed E-state index contributed by atoms with van der Waals surface area (Å²) in [5, 5.41) is 9.11. The van der Waals surface area contributed by atoms with Gasteiger partial charge >= 0.3 is 5.97 Å². The summed E-state index contributed by atoms with van der Waals surface area (Å²) in [4.78, 5) is 10.8. The first-order chi connectivity index (χ1) is 5.09. The van der Waals surface area contributed by atoms with Crippen molar-refractivity contribution in [1.29, 1.82) is 0 Å². The Kier molecular flexibility index (Phi) is 4.54. The summed E-state index contributed by atoms with van der Waals surface area (Å²) in [5.74, 6) is -0.688. The number of aliphatic hydroxyl groups excluding tert-OH is 1. The predicted octanol–water partition coefficient (Wildman–Crippen LogP) is 0.732. The van der Waals surface area contributed by atoms with Gasteiger partial charge in [-0.25, -0.2) is 4.79 Å². The third kappa shape index (κ3) is 3.78. The highest BCUT2D eigenvalue weighted by atomic mass is 16.5. The Morgan fingerprint density at radius 1 is 1.73 bits per heavy atom. The predicted molar refractivity (Wildman–Crippen MR) is 42.0 cm³/mol. The third-order valence-corrected chi connectivity index (χ3v) is 1.22. The van der Waals surface area contributed by atoms with Gasteiger partial charge in [0.15, 0.2) is 6.10 Å². The van der Waals surface area contributed by atoms with Crippen LogP contribution in [0.4, 0.5) is 0 Å². The van der Waals surface area contributed by atoms with E-state index in [0.29, 0.717) is 0 Å². The van der Waals surface area contributed by atoms with Crippen LogP contribution in [0.1, 0.15) is 13.8 Å². The second kappa shape index (κ2) is 4.91. The summed E-state index contributed by atoms with van der Waals surface area (Å²) in [5.41, 5.74) is 0. The van der Waals surface area contributed by atoms with Crippen LogP contribution in [0.25, 0.3) is 0 Å². The summed E-state index contributed by atoms with van der Waals surface area (Å²) < 4.78 is 4.61. The highest BCUT2D eigenvalue weighted by molar-refractivity contribution is 5.74. The topological polar surface area (TPSA) is 46.5 Å². The second-order valence-corrected chi connectivity index (χ2v) is 2.61. The first-order valence-electron chi connectivity index (χ1n) is 3.55. The summed E-state index contributed by atoms with van der Waals surface area (Å²) in [7, 11) is 0. The van der Waals surface area contributed by atoms with Crippen molar-refractivity contribution in [1.82, 2.24) is 0 Å². The Bertz CT molecular complexity index is 140. The molecule has 0 aliphatic rings. The minimum absolute atomic E-state index is 0.104. The Balaban J connectivity index is 3.73. The van der Waals surface area contributed by atoms with Crippen molar-refractivity contribution in [3.63, 3.8) is 0 Å². The number of ether oxygens (including phenoxy) is 1. The maximum absolute atomic E-state index is 10.8. The fourth-order valence-electron chi connectivity index (χ4n) is 0.499. The van der Waals surface area contributed by atoms with E-state index >= 15 is 0 Å². The zero-order chi connectivity index (χ0) is 8.85. The van der Waals surface area contributed by atoms with Crippen molar-refractivity contribution in [3.8, 4) is 0 Å². The van der Waals surface area contributed by atoms with Gasteiger partial charge in [-0.1, -0.05) is 26.5 Å². The molecule has 3 heteroatoms. The minimum atomic E-state index is -1.02. The SMILES string of the molecule is C=CCOC(=O)[C@H](O)C(C)C. The van der Waals surface area contributed by atoms with E-state index in [-0.39, 0.29) is 12.5 Å². The Morgan fingerprint density at radius 3 is 2.64 bits per heavy atom. The summed E-state index contributed by atoms with van der Waals surface area (Å²) in [6, 6.07) is 0. The second-order valence-electron chi connectivity index (χ2n) is 2.61. The lowest BCUT2D eigenvalue weighted by molar-refractivity contribution is -0.154. The highest BCUT2D eigenvalue weighted by Gasteiger charge is 2.19. The zero-order valence-electron chi connectivity index (χ0n) is 6.91. The van der Waals surface area contributed by atoms with Crippen LogP contribution in [-0.4, -0.2) is 23.8 Å². The van der Waals surface area contributed by atoms with Crippen LogP contribution in [0.15, 0.2) is 12.7 Å². The molecule has 0 aromatic carbocycles. The molecule has 0 bridgehead atoms. The number of rotatable bonds is 4. The molecule has 0 aromatic heterocycles. The molecule has 0 aliphatic carbocycles. The fourth-order valence-corrected chi connectivity index (χ4v) is 0.499. The number of aliphatic hydroxyl groups is 1. The molecule has 0 fully saturated rings. The molecule has 64 valence electrons. The molecule has 0 rings (SSSR count).